The molecule has 4 aromatic rings. The maximum absolute atomic E-state index is 9.92. The second kappa shape index (κ2) is 9.63. The zero-order chi connectivity index (χ0) is 21.8. The SMILES string of the molecule is Oc1ccc2c(-c3ccccc3)c(Oc3ccc(OCCN4CCCCC4)cc3)sc2c1. The van der Waals surface area contributed by atoms with E-state index in [-0.39, 0.29) is 5.75 Å². The molecule has 5 rings (SSSR count). The van der Waals surface area contributed by atoms with Gasteiger partial charge in [0.05, 0.1) is 0 Å². The maximum Gasteiger partial charge on any atom is 0.189 e. The minimum atomic E-state index is 0.260. The Morgan fingerprint density at radius 3 is 2.38 bits per heavy atom. The van der Waals surface area contributed by atoms with Gasteiger partial charge < -0.3 is 14.6 Å². The molecular formula is C27H27NO3S. The van der Waals surface area contributed by atoms with Crippen molar-refractivity contribution in [2.45, 2.75) is 19.3 Å². The van der Waals surface area contributed by atoms with Crippen molar-refractivity contribution in [1.82, 2.24) is 4.90 Å². The zero-order valence-corrected chi connectivity index (χ0v) is 18.8. The van der Waals surface area contributed by atoms with Crippen LogP contribution in [-0.2, 0) is 0 Å². The highest BCUT2D eigenvalue weighted by atomic mass is 32.1. The summed E-state index contributed by atoms with van der Waals surface area (Å²) < 4.78 is 13.3. The van der Waals surface area contributed by atoms with Crippen molar-refractivity contribution in [3.05, 3.63) is 72.8 Å². The summed E-state index contributed by atoms with van der Waals surface area (Å²) in [6, 6.07) is 23.5. The third kappa shape index (κ3) is 4.74. The van der Waals surface area contributed by atoms with Gasteiger partial charge in [0, 0.05) is 22.2 Å². The van der Waals surface area contributed by atoms with Gasteiger partial charge >= 0.3 is 0 Å². The molecule has 5 heteroatoms. The molecule has 1 saturated heterocycles. The number of likely N-dealkylation sites (tertiary alicyclic amines) is 1. The number of fused-ring (bicyclic) bond motifs is 1. The van der Waals surface area contributed by atoms with E-state index in [0.717, 1.165) is 44.3 Å². The van der Waals surface area contributed by atoms with Gasteiger partial charge in [-0.15, -0.1) is 0 Å². The van der Waals surface area contributed by atoms with Crippen LogP contribution in [0.1, 0.15) is 19.3 Å². The van der Waals surface area contributed by atoms with Gasteiger partial charge in [-0.25, -0.2) is 0 Å². The van der Waals surface area contributed by atoms with Gasteiger partial charge in [-0.1, -0.05) is 48.1 Å². The summed E-state index contributed by atoms with van der Waals surface area (Å²) in [6.45, 7) is 4.06. The van der Waals surface area contributed by atoms with Gasteiger partial charge in [-0.3, -0.25) is 4.90 Å². The highest BCUT2D eigenvalue weighted by Gasteiger charge is 2.17. The van der Waals surface area contributed by atoms with E-state index in [2.05, 4.69) is 17.0 Å². The molecule has 0 radical (unpaired) electrons. The highest BCUT2D eigenvalue weighted by Crippen LogP contribution is 2.47. The van der Waals surface area contributed by atoms with Crippen LogP contribution in [0.3, 0.4) is 0 Å². The molecule has 0 bridgehead atoms. The topological polar surface area (TPSA) is 41.9 Å². The lowest BCUT2D eigenvalue weighted by atomic mass is 10.0. The largest absolute Gasteiger partial charge is 0.508 e. The van der Waals surface area contributed by atoms with Gasteiger partial charge in [0.25, 0.3) is 0 Å². The van der Waals surface area contributed by atoms with E-state index >= 15 is 0 Å². The number of thiophene rings is 1. The molecule has 1 N–H and O–H groups in total. The Hall–Kier alpha value is -3.02. The second-order valence-corrected chi connectivity index (χ2v) is 9.15. The number of nitrogens with zero attached hydrogens (tertiary/aromatic N) is 1. The standard InChI is InChI=1S/C27H27NO3S/c29-21-9-14-24-25(19-21)32-27(26(24)20-7-3-1-4-8-20)31-23-12-10-22(11-13-23)30-18-17-28-15-5-2-6-16-28/h1,3-4,7-14,19,29H,2,5-6,15-18H2. The fraction of sp³-hybridized carbons (Fsp3) is 0.259. The monoisotopic (exact) mass is 445 g/mol. The van der Waals surface area contributed by atoms with Crippen molar-refractivity contribution in [2.75, 3.05) is 26.2 Å². The summed E-state index contributed by atoms with van der Waals surface area (Å²) in [6.07, 6.45) is 3.95. The van der Waals surface area contributed by atoms with Crippen molar-refractivity contribution in [2.24, 2.45) is 0 Å². The van der Waals surface area contributed by atoms with E-state index < -0.39 is 0 Å². The first-order valence-corrected chi connectivity index (χ1v) is 12.0. The van der Waals surface area contributed by atoms with Crippen LogP contribution < -0.4 is 9.47 Å². The normalized spacial score (nSPS) is 14.5. The lowest BCUT2D eigenvalue weighted by Gasteiger charge is -2.26. The summed E-state index contributed by atoms with van der Waals surface area (Å²) in [5, 5.41) is 11.8. The summed E-state index contributed by atoms with van der Waals surface area (Å²) in [5.74, 6) is 1.89. The summed E-state index contributed by atoms with van der Waals surface area (Å²) >= 11 is 1.54. The van der Waals surface area contributed by atoms with E-state index in [4.69, 9.17) is 9.47 Å². The molecule has 2 heterocycles. The molecule has 0 unspecified atom stereocenters. The molecule has 3 aromatic carbocycles. The Kier molecular flexibility index (Phi) is 6.28. The van der Waals surface area contributed by atoms with Crippen molar-refractivity contribution in [3.63, 3.8) is 0 Å². The number of rotatable bonds is 7. The van der Waals surface area contributed by atoms with Crippen LogP contribution in [0.4, 0.5) is 0 Å². The van der Waals surface area contributed by atoms with Crippen molar-refractivity contribution in [3.8, 4) is 33.4 Å². The Balaban J connectivity index is 1.32. The smallest absolute Gasteiger partial charge is 0.189 e. The highest BCUT2D eigenvalue weighted by molar-refractivity contribution is 7.21. The van der Waals surface area contributed by atoms with Gasteiger partial charge in [-0.2, -0.15) is 0 Å². The minimum Gasteiger partial charge on any atom is -0.508 e. The molecule has 1 aromatic heterocycles. The molecule has 0 spiro atoms. The molecule has 1 aliphatic rings. The van der Waals surface area contributed by atoms with Crippen LogP contribution >= 0.6 is 11.3 Å². The zero-order valence-electron chi connectivity index (χ0n) is 18.0. The number of ether oxygens (including phenoxy) is 2. The van der Waals surface area contributed by atoms with Crippen LogP contribution in [0.15, 0.2) is 72.8 Å². The van der Waals surface area contributed by atoms with Gasteiger partial charge in [-0.05, 0) is 74.0 Å². The fourth-order valence-electron chi connectivity index (χ4n) is 4.20. The first-order chi connectivity index (χ1) is 15.8. The third-order valence-corrected chi connectivity index (χ3v) is 6.89. The average Bonchev–Trinajstić information content (AvgIpc) is 3.18. The fourth-order valence-corrected chi connectivity index (χ4v) is 5.33. The van der Waals surface area contributed by atoms with Gasteiger partial charge in [0.1, 0.15) is 23.9 Å². The molecule has 164 valence electrons. The first-order valence-electron chi connectivity index (χ1n) is 11.2. The lowest BCUT2D eigenvalue weighted by Crippen LogP contribution is -2.33. The first kappa shape index (κ1) is 20.9. The molecule has 4 nitrogen and oxygen atoms in total. The predicted octanol–water partition coefficient (Wildman–Crippen LogP) is 6.93. The lowest BCUT2D eigenvalue weighted by molar-refractivity contribution is 0.183. The number of aromatic hydroxyl groups is 1. The molecule has 0 atom stereocenters. The Morgan fingerprint density at radius 1 is 0.844 bits per heavy atom. The number of piperidine rings is 1. The Bertz CT molecular complexity index is 1160. The van der Waals surface area contributed by atoms with Crippen LogP contribution in [-0.4, -0.2) is 36.2 Å². The predicted molar refractivity (Wildman–Crippen MR) is 131 cm³/mol. The number of benzene rings is 3. The van der Waals surface area contributed by atoms with E-state index in [1.54, 1.807) is 23.5 Å². The number of hydrogen-bond donors (Lipinski definition) is 1. The van der Waals surface area contributed by atoms with Crippen LogP contribution in [0, 0.1) is 0 Å². The molecule has 0 amide bonds. The third-order valence-electron chi connectivity index (χ3n) is 5.86. The van der Waals surface area contributed by atoms with E-state index in [1.165, 1.54) is 32.4 Å². The van der Waals surface area contributed by atoms with E-state index in [1.807, 2.05) is 48.5 Å². The maximum atomic E-state index is 9.92. The molecule has 0 aliphatic carbocycles. The van der Waals surface area contributed by atoms with Crippen LogP contribution in [0.25, 0.3) is 21.2 Å². The Labute approximate surface area is 192 Å². The van der Waals surface area contributed by atoms with Crippen molar-refractivity contribution in [1.29, 1.82) is 0 Å². The second-order valence-electron chi connectivity index (χ2n) is 8.14. The number of phenols is 1. The summed E-state index contributed by atoms with van der Waals surface area (Å²) in [7, 11) is 0. The van der Waals surface area contributed by atoms with Gasteiger partial charge in [0.2, 0.25) is 0 Å². The minimum absolute atomic E-state index is 0.260. The van der Waals surface area contributed by atoms with Crippen molar-refractivity contribution >= 4 is 21.4 Å². The van der Waals surface area contributed by atoms with Crippen LogP contribution in [0.2, 0.25) is 0 Å². The average molecular weight is 446 g/mol. The Morgan fingerprint density at radius 2 is 1.59 bits per heavy atom. The summed E-state index contributed by atoms with van der Waals surface area (Å²) in [4.78, 5) is 2.48. The molecule has 1 aliphatic heterocycles. The molecule has 32 heavy (non-hydrogen) atoms. The number of hydrogen-bond acceptors (Lipinski definition) is 5. The van der Waals surface area contributed by atoms with E-state index in [0.29, 0.717) is 6.61 Å². The number of phenolic OH excluding ortho intramolecular Hbond substituents is 1. The van der Waals surface area contributed by atoms with Crippen LogP contribution in [0.5, 0.6) is 22.3 Å². The molecule has 0 saturated carbocycles. The van der Waals surface area contributed by atoms with Gasteiger partial charge in [0.15, 0.2) is 5.06 Å². The summed E-state index contributed by atoms with van der Waals surface area (Å²) in [5.41, 5.74) is 2.14. The van der Waals surface area contributed by atoms with E-state index in [9.17, 15) is 5.11 Å². The quantitative estimate of drug-likeness (QED) is 0.335. The van der Waals surface area contributed by atoms with Crippen molar-refractivity contribution < 1.29 is 14.6 Å². The molecular weight excluding hydrogens is 418 g/mol. The molecule has 1 fully saturated rings.